The summed E-state index contributed by atoms with van der Waals surface area (Å²) < 4.78 is 0. The Bertz CT molecular complexity index is 748. The molecule has 0 aliphatic rings. The topological polar surface area (TPSA) is 98.5 Å². The first-order valence-electron chi connectivity index (χ1n) is 11.0. The van der Waals surface area contributed by atoms with Gasteiger partial charge in [0.25, 0.3) is 0 Å². The second kappa shape index (κ2) is 12.9. The van der Waals surface area contributed by atoms with Gasteiger partial charge in [0.15, 0.2) is 0 Å². The van der Waals surface area contributed by atoms with E-state index >= 15 is 0 Å². The first kappa shape index (κ1) is 24.6. The van der Waals surface area contributed by atoms with Crippen molar-refractivity contribution in [1.29, 1.82) is 0 Å². The number of rotatable bonds is 14. The highest BCUT2D eigenvalue weighted by Crippen LogP contribution is 2.19. The van der Waals surface area contributed by atoms with Gasteiger partial charge in [-0.05, 0) is 84.8 Å². The normalized spacial score (nSPS) is 11.2. The predicted octanol–water partition coefficient (Wildman–Crippen LogP) is 2.73. The van der Waals surface area contributed by atoms with Crippen molar-refractivity contribution in [3.05, 3.63) is 24.3 Å². The number of nitrogens with zero attached hydrogens (tertiary/aromatic N) is 6. The first-order chi connectivity index (χ1) is 14.9. The van der Waals surface area contributed by atoms with E-state index in [-0.39, 0.29) is 0 Å². The van der Waals surface area contributed by atoms with Crippen molar-refractivity contribution in [3.8, 4) is 0 Å². The molecule has 0 spiro atoms. The Balaban J connectivity index is 2.25. The number of nitrogens with two attached hydrogens (primary N) is 1. The Morgan fingerprint density at radius 1 is 0.806 bits per heavy atom. The number of anilines is 5. The molecule has 0 aliphatic carbocycles. The zero-order valence-corrected chi connectivity index (χ0v) is 19.7. The molecule has 0 fully saturated rings. The first-order valence-corrected chi connectivity index (χ1v) is 11.0. The molecule has 172 valence electrons. The molecular weight excluding hydrogens is 390 g/mol. The summed E-state index contributed by atoms with van der Waals surface area (Å²) in [7, 11) is 8.39. The van der Waals surface area contributed by atoms with Gasteiger partial charge in [-0.1, -0.05) is 6.92 Å². The lowest BCUT2D eigenvalue weighted by Crippen LogP contribution is -2.32. The molecule has 0 saturated heterocycles. The Labute approximate surface area is 187 Å². The summed E-state index contributed by atoms with van der Waals surface area (Å²) in [6, 6.07) is 7.55. The van der Waals surface area contributed by atoms with E-state index in [2.05, 4.69) is 65.4 Å². The molecule has 0 radical (unpaired) electrons. The van der Waals surface area contributed by atoms with Crippen LogP contribution >= 0.6 is 0 Å². The minimum Gasteiger partial charge on any atom is -0.399 e. The highest BCUT2D eigenvalue weighted by molar-refractivity contribution is 5.58. The van der Waals surface area contributed by atoms with Crippen LogP contribution in [-0.4, -0.2) is 85.7 Å². The van der Waals surface area contributed by atoms with Gasteiger partial charge in [0.1, 0.15) is 0 Å². The van der Waals surface area contributed by atoms with Crippen LogP contribution in [0.1, 0.15) is 26.2 Å². The number of nitrogens with one attached hydrogen (secondary N) is 2. The van der Waals surface area contributed by atoms with Gasteiger partial charge < -0.3 is 31.1 Å². The van der Waals surface area contributed by atoms with Crippen LogP contribution in [0.15, 0.2) is 24.3 Å². The van der Waals surface area contributed by atoms with Crippen LogP contribution in [0.5, 0.6) is 0 Å². The molecule has 2 rings (SSSR count). The van der Waals surface area contributed by atoms with Crippen LogP contribution in [-0.2, 0) is 0 Å². The van der Waals surface area contributed by atoms with Gasteiger partial charge in [0, 0.05) is 31.0 Å². The summed E-state index contributed by atoms with van der Waals surface area (Å²) in [4.78, 5) is 20.7. The van der Waals surface area contributed by atoms with Crippen molar-refractivity contribution in [3.63, 3.8) is 0 Å². The number of aromatic nitrogens is 3. The van der Waals surface area contributed by atoms with Gasteiger partial charge in [0.2, 0.25) is 17.8 Å². The van der Waals surface area contributed by atoms with Gasteiger partial charge in [-0.25, -0.2) is 0 Å². The molecule has 0 amide bonds. The van der Waals surface area contributed by atoms with E-state index in [1.165, 1.54) is 0 Å². The maximum Gasteiger partial charge on any atom is 0.233 e. The number of hydrogen-bond acceptors (Lipinski definition) is 9. The second-order valence-corrected chi connectivity index (χ2v) is 8.26. The lowest BCUT2D eigenvalue weighted by atomic mass is 10.3. The second-order valence-electron chi connectivity index (χ2n) is 8.26. The summed E-state index contributed by atoms with van der Waals surface area (Å²) in [5.41, 5.74) is 7.42. The molecule has 1 aromatic carbocycles. The van der Waals surface area contributed by atoms with E-state index in [1.807, 2.05) is 24.3 Å². The van der Waals surface area contributed by atoms with Crippen LogP contribution in [0.4, 0.5) is 29.2 Å². The molecule has 0 bridgehead atoms. The fraction of sp³-hybridized carbons (Fsp3) is 0.591. The van der Waals surface area contributed by atoms with E-state index in [9.17, 15) is 0 Å². The Morgan fingerprint density at radius 2 is 1.39 bits per heavy atom. The summed E-state index contributed by atoms with van der Waals surface area (Å²) in [6.07, 6.45) is 3.08. The monoisotopic (exact) mass is 429 g/mol. The molecule has 9 nitrogen and oxygen atoms in total. The van der Waals surface area contributed by atoms with E-state index in [0.717, 1.165) is 63.4 Å². The molecule has 2 aromatic rings. The average molecular weight is 430 g/mol. The molecular formula is C22H39N9. The number of hydrogen-bond donors (Lipinski definition) is 3. The molecule has 1 aromatic heterocycles. The van der Waals surface area contributed by atoms with Gasteiger partial charge in [-0.2, -0.15) is 15.0 Å². The Hall–Kier alpha value is -2.65. The van der Waals surface area contributed by atoms with Gasteiger partial charge in [-0.3, -0.25) is 0 Å². The lowest BCUT2D eigenvalue weighted by molar-refractivity contribution is 0.389. The Morgan fingerprint density at radius 3 is 1.94 bits per heavy atom. The van der Waals surface area contributed by atoms with Crippen molar-refractivity contribution in [2.45, 2.75) is 26.2 Å². The van der Waals surface area contributed by atoms with Gasteiger partial charge in [0.05, 0.1) is 0 Å². The van der Waals surface area contributed by atoms with Gasteiger partial charge >= 0.3 is 0 Å². The Kier molecular flexibility index (Phi) is 10.3. The molecule has 9 heteroatoms. The van der Waals surface area contributed by atoms with Crippen LogP contribution in [0.25, 0.3) is 0 Å². The fourth-order valence-electron chi connectivity index (χ4n) is 3.04. The maximum atomic E-state index is 5.81. The third-order valence-corrected chi connectivity index (χ3v) is 4.67. The third kappa shape index (κ3) is 9.35. The largest absolute Gasteiger partial charge is 0.399 e. The summed E-state index contributed by atoms with van der Waals surface area (Å²) in [5.74, 6) is 1.82. The molecule has 0 aliphatic heterocycles. The molecule has 31 heavy (non-hydrogen) atoms. The minimum absolute atomic E-state index is 0.526. The standard InChI is InChI=1S/C22H39N9/c1-6-13-24-20-26-21(25-19-11-9-18(23)10-12-19)28-22(27-20)31(16-7-14-29(2)3)17-8-15-30(4)5/h9-12H,6-8,13-17,23H2,1-5H3,(H2,24,25,26,27,28). The zero-order valence-electron chi connectivity index (χ0n) is 19.7. The minimum atomic E-state index is 0.526. The molecule has 4 N–H and O–H groups in total. The molecule has 0 saturated carbocycles. The summed E-state index contributed by atoms with van der Waals surface area (Å²) >= 11 is 0. The predicted molar refractivity (Wildman–Crippen MR) is 131 cm³/mol. The maximum absolute atomic E-state index is 5.81. The highest BCUT2D eigenvalue weighted by atomic mass is 15.3. The number of benzene rings is 1. The highest BCUT2D eigenvalue weighted by Gasteiger charge is 2.14. The van der Waals surface area contributed by atoms with Crippen LogP contribution in [0.2, 0.25) is 0 Å². The smallest absolute Gasteiger partial charge is 0.233 e. The molecule has 1 heterocycles. The van der Waals surface area contributed by atoms with Crippen LogP contribution in [0.3, 0.4) is 0 Å². The van der Waals surface area contributed by atoms with E-state index < -0.39 is 0 Å². The van der Waals surface area contributed by atoms with Crippen molar-refractivity contribution >= 4 is 29.2 Å². The van der Waals surface area contributed by atoms with Crippen molar-refractivity contribution in [1.82, 2.24) is 24.8 Å². The fourth-order valence-corrected chi connectivity index (χ4v) is 3.04. The van der Waals surface area contributed by atoms with Crippen molar-refractivity contribution < 1.29 is 0 Å². The third-order valence-electron chi connectivity index (χ3n) is 4.67. The molecule has 0 unspecified atom stereocenters. The van der Waals surface area contributed by atoms with E-state index in [4.69, 9.17) is 15.7 Å². The molecule has 0 atom stereocenters. The van der Waals surface area contributed by atoms with Crippen LogP contribution < -0.4 is 21.3 Å². The number of nitrogen functional groups attached to an aromatic ring is 1. The quantitative estimate of drug-likeness (QED) is 0.391. The van der Waals surface area contributed by atoms with Crippen molar-refractivity contribution in [2.75, 3.05) is 82.2 Å². The zero-order chi connectivity index (χ0) is 22.6. The lowest BCUT2D eigenvalue weighted by Gasteiger charge is -2.25. The summed E-state index contributed by atoms with van der Waals surface area (Å²) in [5, 5.41) is 6.60. The van der Waals surface area contributed by atoms with Crippen LogP contribution in [0, 0.1) is 0 Å². The van der Waals surface area contributed by atoms with E-state index in [1.54, 1.807) is 0 Å². The van der Waals surface area contributed by atoms with Gasteiger partial charge in [-0.15, -0.1) is 0 Å². The summed E-state index contributed by atoms with van der Waals surface area (Å²) in [6.45, 7) is 6.76. The van der Waals surface area contributed by atoms with Crippen molar-refractivity contribution in [2.24, 2.45) is 0 Å². The SMILES string of the molecule is CCCNc1nc(Nc2ccc(N)cc2)nc(N(CCCN(C)C)CCCN(C)C)n1. The average Bonchev–Trinajstić information content (AvgIpc) is 2.72. The van der Waals surface area contributed by atoms with E-state index in [0.29, 0.717) is 17.8 Å².